The second kappa shape index (κ2) is 5.15. The first-order valence-corrected chi connectivity index (χ1v) is 5.10. The predicted octanol–water partition coefficient (Wildman–Crippen LogP) is 2.08. The number of hydrogen-bond acceptors (Lipinski definition) is 2. The standard InChI is InChI=1S/C11H18O3/c1-8-5-3-4-6-10(8)7-14-9(2)11(12)13/h3-4,8-10H,5-7H2,1-2H3,(H,12,13)/t8?,9-,10?/m1/s1. The maximum atomic E-state index is 10.5. The van der Waals surface area contributed by atoms with Gasteiger partial charge in [-0.25, -0.2) is 4.79 Å². The van der Waals surface area contributed by atoms with Crippen molar-refractivity contribution in [3.05, 3.63) is 12.2 Å². The predicted molar refractivity (Wildman–Crippen MR) is 54.1 cm³/mol. The van der Waals surface area contributed by atoms with Crippen LogP contribution in [-0.2, 0) is 9.53 Å². The van der Waals surface area contributed by atoms with Crippen LogP contribution in [0.3, 0.4) is 0 Å². The van der Waals surface area contributed by atoms with Crippen molar-refractivity contribution >= 4 is 5.97 Å². The van der Waals surface area contributed by atoms with Crippen molar-refractivity contribution in [3.8, 4) is 0 Å². The maximum absolute atomic E-state index is 10.5. The van der Waals surface area contributed by atoms with Gasteiger partial charge in [0.2, 0.25) is 0 Å². The fourth-order valence-electron chi connectivity index (χ4n) is 1.58. The van der Waals surface area contributed by atoms with E-state index in [9.17, 15) is 4.79 Å². The summed E-state index contributed by atoms with van der Waals surface area (Å²) in [6.07, 6.45) is 5.73. The third kappa shape index (κ3) is 3.14. The largest absolute Gasteiger partial charge is 0.479 e. The Morgan fingerprint density at radius 2 is 2.21 bits per heavy atom. The van der Waals surface area contributed by atoms with E-state index in [0.717, 1.165) is 12.8 Å². The fourth-order valence-corrected chi connectivity index (χ4v) is 1.58. The topological polar surface area (TPSA) is 46.5 Å². The highest BCUT2D eigenvalue weighted by atomic mass is 16.5. The molecule has 0 amide bonds. The molecular formula is C11H18O3. The maximum Gasteiger partial charge on any atom is 0.332 e. The highest BCUT2D eigenvalue weighted by Gasteiger charge is 2.20. The van der Waals surface area contributed by atoms with Gasteiger partial charge in [0.1, 0.15) is 0 Å². The number of aliphatic carboxylic acids is 1. The molecule has 0 radical (unpaired) electrons. The Morgan fingerprint density at radius 1 is 1.57 bits per heavy atom. The van der Waals surface area contributed by atoms with Gasteiger partial charge in [0.15, 0.2) is 6.10 Å². The monoisotopic (exact) mass is 198 g/mol. The number of rotatable bonds is 4. The number of hydrogen-bond donors (Lipinski definition) is 1. The summed E-state index contributed by atoms with van der Waals surface area (Å²) in [5.41, 5.74) is 0. The number of allylic oxidation sites excluding steroid dienone is 2. The van der Waals surface area contributed by atoms with Crippen LogP contribution in [0.25, 0.3) is 0 Å². The van der Waals surface area contributed by atoms with Gasteiger partial charge in [-0.2, -0.15) is 0 Å². The molecule has 3 atom stereocenters. The zero-order chi connectivity index (χ0) is 10.6. The van der Waals surface area contributed by atoms with E-state index in [1.807, 2.05) is 0 Å². The SMILES string of the molecule is CC1CC=CCC1CO[C@H](C)C(=O)O. The van der Waals surface area contributed by atoms with E-state index in [2.05, 4.69) is 19.1 Å². The zero-order valence-corrected chi connectivity index (χ0v) is 8.77. The molecule has 0 aromatic carbocycles. The second-order valence-corrected chi connectivity index (χ2v) is 3.99. The fraction of sp³-hybridized carbons (Fsp3) is 0.727. The van der Waals surface area contributed by atoms with E-state index in [0.29, 0.717) is 18.4 Å². The van der Waals surface area contributed by atoms with Crippen molar-refractivity contribution in [1.29, 1.82) is 0 Å². The van der Waals surface area contributed by atoms with E-state index in [1.165, 1.54) is 0 Å². The van der Waals surface area contributed by atoms with Crippen LogP contribution in [0.1, 0.15) is 26.7 Å². The molecule has 1 N–H and O–H groups in total. The third-order valence-corrected chi connectivity index (χ3v) is 2.83. The summed E-state index contributed by atoms with van der Waals surface area (Å²) >= 11 is 0. The highest BCUT2D eigenvalue weighted by molar-refractivity contribution is 5.71. The van der Waals surface area contributed by atoms with Crippen LogP contribution in [0.15, 0.2) is 12.2 Å². The molecule has 0 aromatic heterocycles. The lowest BCUT2D eigenvalue weighted by Gasteiger charge is -2.25. The number of ether oxygens (including phenoxy) is 1. The Hall–Kier alpha value is -0.830. The molecule has 3 nitrogen and oxygen atoms in total. The molecule has 0 fully saturated rings. The minimum Gasteiger partial charge on any atom is -0.479 e. The molecule has 0 saturated carbocycles. The van der Waals surface area contributed by atoms with Crippen molar-refractivity contribution in [2.24, 2.45) is 11.8 Å². The first-order chi connectivity index (χ1) is 6.61. The normalized spacial score (nSPS) is 28.7. The van der Waals surface area contributed by atoms with Gasteiger partial charge >= 0.3 is 5.97 Å². The minimum atomic E-state index is -0.885. The van der Waals surface area contributed by atoms with Crippen LogP contribution in [-0.4, -0.2) is 23.8 Å². The summed E-state index contributed by atoms with van der Waals surface area (Å²) in [6.45, 7) is 4.31. The van der Waals surface area contributed by atoms with E-state index >= 15 is 0 Å². The molecule has 0 aliphatic heterocycles. The molecule has 14 heavy (non-hydrogen) atoms. The lowest BCUT2D eigenvalue weighted by molar-refractivity contribution is -0.150. The van der Waals surface area contributed by atoms with Gasteiger partial charge in [-0.05, 0) is 31.6 Å². The average Bonchev–Trinajstić information content (AvgIpc) is 2.16. The summed E-state index contributed by atoms with van der Waals surface area (Å²) in [5.74, 6) is 0.187. The van der Waals surface area contributed by atoms with Gasteiger partial charge in [-0.3, -0.25) is 0 Å². The summed E-state index contributed by atoms with van der Waals surface area (Å²) in [7, 11) is 0. The van der Waals surface area contributed by atoms with Crippen LogP contribution < -0.4 is 0 Å². The molecule has 0 aromatic rings. The Kier molecular flexibility index (Phi) is 4.14. The molecule has 0 spiro atoms. The van der Waals surface area contributed by atoms with Crippen LogP contribution >= 0.6 is 0 Å². The number of carboxylic acids is 1. The molecule has 3 heteroatoms. The first kappa shape index (κ1) is 11.2. The third-order valence-electron chi connectivity index (χ3n) is 2.83. The van der Waals surface area contributed by atoms with Gasteiger partial charge in [0, 0.05) is 0 Å². The minimum absolute atomic E-state index is 0.474. The van der Waals surface area contributed by atoms with E-state index in [4.69, 9.17) is 9.84 Å². The smallest absolute Gasteiger partial charge is 0.332 e. The van der Waals surface area contributed by atoms with Crippen molar-refractivity contribution < 1.29 is 14.6 Å². The van der Waals surface area contributed by atoms with Crippen molar-refractivity contribution in [2.45, 2.75) is 32.8 Å². The van der Waals surface area contributed by atoms with Crippen molar-refractivity contribution in [2.75, 3.05) is 6.61 Å². The molecule has 1 aliphatic carbocycles. The molecular weight excluding hydrogens is 180 g/mol. The zero-order valence-electron chi connectivity index (χ0n) is 8.77. The average molecular weight is 198 g/mol. The Bertz CT molecular complexity index is 223. The Morgan fingerprint density at radius 3 is 2.79 bits per heavy atom. The van der Waals surface area contributed by atoms with E-state index in [1.54, 1.807) is 6.92 Å². The summed E-state index contributed by atoms with van der Waals surface area (Å²) in [6, 6.07) is 0. The van der Waals surface area contributed by atoms with Gasteiger partial charge < -0.3 is 9.84 Å². The molecule has 0 saturated heterocycles. The highest BCUT2D eigenvalue weighted by Crippen LogP contribution is 2.25. The van der Waals surface area contributed by atoms with Crippen molar-refractivity contribution in [1.82, 2.24) is 0 Å². The quantitative estimate of drug-likeness (QED) is 0.703. The summed E-state index contributed by atoms with van der Waals surface area (Å²) in [5, 5.41) is 8.64. The van der Waals surface area contributed by atoms with Gasteiger partial charge in [-0.15, -0.1) is 0 Å². The van der Waals surface area contributed by atoms with Gasteiger partial charge in [0.25, 0.3) is 0 Å². The number of carboxylic acid groups (broad SMARTS) is 1. The molecule has 80 valence electrons. The Balaban J connectivity index is 2.30. The molecule has 0 bridgehead atoms. The van der Waals surface area contributed by atoms with Crippen LogP contribution in [0.4, 0.5) is 0 Å². The van der Waals surface area contributed by atoms with Crippen LogP contribution in [0.2, 0.25) is 0 Å². The Labute approximate surface area is 84.8 Å². The summed E-state index contributed by atoms with van der Waals surface area (Å²) < 4.78 is 5.28. The van der Waals surface area contributed by atoms with E-state index < -0.39 is 12.1 Å². The van der Waals surface area contributed by atoms with E-state index in [-0.39, 0.29) is 0 Å². The second-order valence-electron chi connectivity index (χ2n) is 3.99. The lowest BCUT2D eigenvalue weighted by atomic mass is 9.85. The lowest BCUT2D eigenvalue weighted by Crippen LogP contribution is -2.26. The van der Waals surface area contributed by atoms with Crippen molar-refractivity contribution in [3.63, 3.8) is 0 Å². The van der Waals surface area contributed by atoms with Gasteiger partial charge in [0.05, 0.1) is 6.61 Å². The molecule has 1 rings (SSSR count). The van der Waals surface area contributed by atoms with Gasteiger partial charge in [-0.1, -0.05) is 19.1 Å². The molecule has 2 unspecified atom stereocenters. The number of carbonyl (C=O) groups is 1. The molecule has 0 heterocycles. The summed E-state index contributed by atoms with van der Waals surface area (Å²) in [4.78, 5) is 10.5. The first-order valence-electron chi connectivity index (χ1n) is 5.10. The molecule has 1 aliphatic rings. The van der Waals surface area contributed by atoms with Crippen LogP contribution in [0, 0.1) is 11.8 Å². The van der Waals surface area contributed by atoms with Crippen LogP contribution in [0.5, 0.6) is 0 Å².